The van der Waals surface area contributed by atoms with Crippen LogP contribution in [0.4, 0.5) is 6.01 Å². The van der Waals surface area contributed by atoms with Crippen molar-refractivity contribution in [2.45, 2.75) is 32.1 Å². The Morgan fingerprint density at radius 3 is 2.50 bits per heavy atom. The van der Waals surface area contributed by atoms with Crippen LogP contribution in [0.1, 0.15) is 35.6 Å². The lowest BCUT2D eigenvalue weighted by Gasteiger charge is -2.33. The minimum absolute atomic E-state index is 0.189. The average Bonchev–Trinajstić information content (AvgIpc) is 3.48. The van der Waals surface area contributed by atoms with Gasteiger partial charge < -0.3 is 14.2 Å². The Balaban J connectivity index is 1.19. The average molecular weight is 376 g/mol. The molecule has 6 heteroatoms. The first-order chi connectivity index (χ1) is 13.7. The summed E-state index contributed by atoms with van der Waals surface area (Å²) in [6.07, 6.45) is 3.08. The summed E-state index contributed by atoms with van der Waals surface area (Å²) in [5, 5.41) is 0. The van der Waals surface area contributed by atoms with Gasteiger partial charge in [-0.25, -0.2) is 4.98 Å². The third kappa shape index (κ3) is 3.46. The van der Waals surface area contributed by atoms with Crippen LogP contribution >= 0.6 is 0 Å². The molecule has 0 N–H and O–H groups in total. The molecule has 2 fully saturated rings. The molecule has 1 aliphatic carbocycles. The van der Waals surface area contributed by atoms with Gasteiger partial charge in [-0.1, -0.05) is 24.3 Å². The van der Waals surface area contributed by atoms with Crippen molar-refractivity contribution in [2.75, 3.05) is 31.1 Å². The molecule has 5 rings (SSSR count). The first kappa shape index (κ1) is 17.2. The molecule has 2 aromatic heterocycles. The number of piperazine rings is 1. The lowest BCUT2D eigenvalue weighted by molar-refractivity contribution is -0.130. The van der Waals surface area contributed by atoms with Crippen LogP contribution in [0.5, 0.6) is 0 Å². The summed E-state index contributed by atoms with van der Waals surface area (Å²) in [5.41, 5.74) is 4.77. The predicted molar refractivity (Wildman–Crippen MR) is 107 cm³/mol. The minimum Gasteiger partial charge on any atom is -0.422 e. The Morgan fingerprint density at radius 2 is 1.79 bits per heavy atom. The Bertz CT molecular complexity index is 999. The van der Waals surface area contributed by atoms with E-state index in [-0.39, 0.29) is 5.91 Å². The maximum absolute atomic E-state index is 12.7. The molecule has 144 valence electrons. The van der Waals surface area contributed by atoms with Crippen LogP contribution in [-0.2, 0) is 11.2 Å². The topological polar surface area (TPSA) is 62.5 Å². The molecule has 1 aliphatic heterocycles. The molecule has 1 saturated carbocycles. The van der Waals surface area contributed by atoms with Gasteiger partial charge in [0.2, 0.25) is 11.6 Å². The fraction of sp³-hybridized carbons (Fsp3) is 0.409. The van der Waals surface area contributed by atoms with Gasteiger partial charge in [-0.15, -0.1) is 0 Å². The van der Waals surface area contributed by atoms with Crippen molar-refractivity contribution < 1.29 is 9.21 Å². The van der Waals surface area contributed by atoms with Gasteiger partial charge in [0.05, 0.1) is 6.42 Å². The maximum Gasteiger partial charge on any atom is 0.300 e. The van der Waals surface area contributed by atoms with E-state index in [1.807, 2.05) is 24.0 Å². The Morgan fingerprint density at radius 1 is 1.04 bits per heavy atom. The van der Waals surface area contributed by atoms with E-state index in [0.29, 0.717) is 36.8 Å². The van der Waals surface area contributed by atoms with Gasteiger partial charge in [-0.2, -0.15) is 4.98 Å². The highest BCUT2D eigenvalue weighted by Crippen LogP contribution is 2.39. The molecule has 0 spiro atoms. The monoisotopic (exact) mass is 376 g/mol. The number of carbonyl (C=O) groups excluding carboxylic acids is 1. The van der Waals surface area contributed by atoms with E-state index in [0.717, 1.165) is 30.3 Å². The largest absolute Gasteiger partial charge is 0.422 e. The van der Waals surface area contributed by atoms with Crippen molar-refractivity contribution in [3.63, 3.8) is 0 Å². The van der Waals surface area contributed by atoms with E-state index in [4.69, 9.17) is 4.42 Å². The van der Waals surface area contributed by atoms with Crippen LogP contribution in [0.3, 0.4) is 0 Å². The standard InChI is InChI=1S/C22H24N4O2/c1-15-2-9-19-21(23-15)24-22(28-19)26-12-10-25(11-13-26)20(27)14-16-3-5-17(6-4-16)18-7-8-18/h2-6,9,18H,7-8,10-14H2,1H3. The van der Waals surface area contributed by atoms with Gasteiger partial charge in [-0.05, 0) is 48.9 Å². The molecule has 1 saturated heterocycles. The number of rotatable bonds is 4. The van der Waals surface area contributed by atoms with Gasteiger partial charge in [0.15, 0.2) is 5.58 Å². The number of oxazole rings is 1. The molecular formula is C22H24N4O2. The van der Waals surface area contributed by atoms with Crippen LogP contribution in [0, 0.1) is 6.92 Å². The summed E-state index contributed by atoms with van der Waals surface area (Å²) in [6.45, 7) is 4.75. The number of hydrogen-bond acceptors (Lipinski definition) is 5. The lowest BCUT2D eigenvalue weighted by Crippen LogP contribution is -2.49. The van der Waals surface area contributed by atoms with Crippen molar-refractivity contribution >= 4 is 23.2 Å². The molecule has 0 atom stereocenters. The zero-order valence-corrected chi connectivity index (χ0v) is 16.1. The number of aromatic nitrogens is 2. The van der Waals surface area contributed by atoms with Gasteiger partial charge in [0.25, 0.3) is 6.01 Å². The number of hydrogen-bond donors (Lipinski definition) is 0. The molecule has 3 aromatic rings. The molecule has 6 nitrogen and oxygen atoms in total. The second kappa shape index (κ2) is 6.93. The quantitative estimate of drug-likeness (QED) is 0.699. The molecule has 0 radical (unpaired) electrons. The first-order valence-corrected chi connectivity index (χ1v) is 10.0. The third-order valence-corrected chi connectivity index (χ3v) is 5.67. The minimum atomic E-state index is 0.189. The van der Waals surface area contributed by atoms with Crippen molar-refractivity contribution in [1.29, 1.82) is 0 Å². The van der Waals surface area contributed by atoms with E-state index in [2.05, 4.69) is 39.1 Å². The fourth-order valence-electron chi connectivity index (χ4n) is 3.79. The molecule has 1 aromatic carbocycles. The number of benzene rings is 1. The number of aryl methyl sites for hydroxylation is 1. The van der Waals surface area contributed by atoms with E-state index in [1.54, 1.807) is 0 Å². The van der Waals surface area contributed by atoms with Gasteiger partial charge in [-0.3, -0.25) is 4.79 Å². The normalized spacial score (nSPS) is 17.3. The van der Waals surface area contributed by atoms with E-state index in [1.165, 1.54) is 18.4 Å². The fourth-order valence-corrected chi connectivity index (χ4v) is 3.79. The van der Waals surface area contributed by atoms with E-state index < -0.39 is 0 Å². The molecule has 28 heavy (non-hydrogen) atoms. The Labute approximate surface area is 164 Å². The van der Waals surface area contributed by atoms with Crippen LogP contribution < -0.4 is 4.90 Å². The number of anilines is 1. The maximum atomic E-state index is 12.7. The number of nitrogens with zero attached hydrogens (tertiary/aromatic N) is 4. The number of carbonyl (C=O) groups is 1. The first-order valence-electron chi connectivity index (χ1n) is 10.0. The summed E-state index contributed by atoms with van der Waals surface area (Å²) < 4.78 is 5.84. The van der Waals surface area contributed by atoms with Crippen LogP contribution in [0.2, 0.25) is 0 Å². The van der Waals surface area contributed by atoms with Crippen molar-refractivity contribution in [1.82, 2.24) is 14.9 Å². The summed E-state index contributed by atoms with van der Waals surface area (Å²) >= 11 is 0. The van der Waals surface area contributed by atoms with Crippen molar-refractivity contribution in [2.24, 2.45) is 0 Å². The summed E-state index contributed by atoms with van der Waals surface area (Å²) in [4.78, 5) is 25.6. The van der Waals surface area contributed by atoms with Crippen molar-refractivity contribution in [3.8, 4) is 0 Å². The van der Waals surface area contributed by atoms with Crippen LogP contribution in [0.25, 0.3) is 11.2 Å². The zero-order valence-electron chi connectivity index (χ0n) is 16.1. The summed E-state index contributed by atoms with van der Waals surface area (Å²) in [5.74, 6) is 0.942. The Hall–Kier alpha value is -2.89. The van der Waals surface area contributed by atoms with E-state index >= 15 is 0 Å². The molecule has 0 unspecified atom stereocenters. The van der Waals surface area contributed by atoms with Gasteiger partial charge in [0.1, 0.15) is 0 Å². The molecule has 2 aliphatic rings. The van der Waals surface area contributed by atoms with Gasteiger partial charge in [0, 0.05) is 31.9 Å². The molecule has 0 bridgehead atoms. The number of pyridine rings is 1. The Kier molecular flexibility index (Phi) is 4.26. The lowest BCUT2D eigenvalue weighted by atomic mass is 10.1. The SMILES string of the molecule is Cc1ccc2oc(N3CCN(C(=O)Cc4ccc(C5CC5)cc4)CC3)nc2n1. The zero-order chi connectivity index (χ0) is 19.1. The van der Waals surface area contributed by atoms with Crippen LogP contribution in [0.15, 0.2) is 40.8 Å². The van der Waals surface area contributed by atoms with Crippen LogP contribution in [-0.4, -0.2) is 47.0 Å². The number of amides is 1. The highest BCUT2D eigenvalue weighted by molar-refractivity contribution is 5.79. The molecule has 3 heterocycles. The molecule has 1 amide bonds. The summed E-state index contributed by atoms with van der Waals surface area (Å²) in [6, 6.07) is 13.0. The molecular weight excluding hydrogens is 352 g/mol. The highest BCUT2D eigenvalue weighted by atomic mass is 16.4. The number of fused-ring (bicyclic) bond motifs is 1. The van der Waals surface area contributed by atoms with E-state index in [9.17, 15) is 4.79 Å². The smallest absolute Gasteiger partial charge is 0.300 e. The second-order valence-electron chi connectivity index (χ2n) is 7.83. The highest BCUT2D eigenvalue weighted by Gasteiger charge is 2.25. The van der Waals surface area contributed by atoms with Crippen molar-refractivity contribution in [3.05, 3.63) is 53.2 Å². The third-order valence-electron chi connectivity index (χ3n) is 5.67. The second-order valence-corrected chi connectivity index (χ2v) is 7.83. The summed E-state index contributed by atoms with van der Waals surface area (Å²) in [7, 11) is 0. The predicted octanol–water partition coefficient (Wildman–Crippen LogP) is 3.30. The van der Waals surface area contributed by atoms with Gasteiger partial charge >= 0.3 is 0 Å².